The van der Waals surface area contributed by atoms with Crippen LogP contribution in [0.4, 0.5) is 5.13 Å². The molecule has 0 saturated heterocycles. The van der Waals surface area contributed by atoms with Crippen molar-refractivity contribution in [1.29, 1.82) is 0 Å². The molecule has 1 N–H and O–H groups in total. The highest BCUT2D eigenvalue weighted by Crippen LogP contribution is 2.32. The van der Waals surface area contributed by atoms with Crippen molar-refractivity contribution in [2.75, 3.05) is 25.6 Å². The van der Waals surface area contributed by atoms with Gasteiger partial charge in [-0.15, -0.1) is 21.5 Å². The van der Waals surface area contributed by atoms with Gasteiger partial charge < -0.3 is 10.1 Å². The molecule has 2 aromatic heterocycles. The Hall–Kier alpha value is -1.48. The largest absolute Gasteiger partial charge is 0.383 e. The molecule has 0 bridgehead atoms. The third-order valence-electron chi connectivity index (χ3n) is 3.70. The Morgan fingerprint density at radius 2 is 1.96 bits per heavy atom. The number of benzene rings is 1. The van der Waals surface area contributed by atoms with Crippen LogP contribution in [-0.4, -0.2) is 35.4 Å². The van der Waals surface area contributed by atoms with E-state index in [9.17, 15) is 0 Å². The van der Waals surface area contributed by atoms with Crippen LogP contribution in [0, 0.1) is 0 Å². The number of thioether (sulfide) groups is 1. The van der Waals surface area contributed by atoms with Crippen molar-refractivity contribution in [2.24, 2.45) is 0 Å². The Balaban J connectivity index is 1.55. The molecular weight excluding hydrogens is 384 g/mol. The summed E-state index contributed by atoms with van der Waals surface area (Å²) < 4.78 is 5.98. The summed E-state index contributed by atoms with van der Waals surface area (Å²) in [5.41, 5.74) is 2.53. The Bertz CT molecular complexity index is 814. The van der Waals surface area contributed by atoms with Crippen LogP contribution >= 0.6 is 34.4 Å². The van der Waals surface area contributed by atoms with Gasteiger partial charge in [-0.25, -0.2) is 4.98 Å². The fourth-order valence-electron chi connectivity index (χ4n) is 2.25. The average Bonchev–Trinajstić information content (AvgIpc) is 3.30. The summed E-state index contributed by atoms with van der Waals surface area (Å²) >= 11 is 5.00. The number of thiazole rings is 1. The van der Waals surface area contributed by atoms with Gasteiger partial charge in [-0.05, 0) is 11.5 Å². The van der Waals surface area contributed by atoms with Crippen LogP contribution in [0.1, 0.15) is 30.2 Å². The Labute approximate surface area is 166 Å². The van der Waals surface area contributed by atoms with Gasteiger partial charge in [0.2, 0.25) is 5.13 Å². The van der Waals surface area contributed by atoms with Crippen LogP contribution in [0.15, 0.2) is 34.8 Å². The molecule has 8 heteroatoms. The molecular formula is C18H22N4OS3. The van der Waals surface area contributed by atoms with Crippen LogP contribution in [0.2, 0.25) is 0 Å². The number of aromatic nitrogens is 3. The van der Waals surface area contributed by atoms with Crippen molar-refractivity contribution in [2.45, 2.75) is 29.9 Å². The number of hydrogen-bond donors (Lipinski definition) is 1. The minimum absolute atomic E-state index is 0.549. The molecule has 0 amide bonds. The van der Waals surface area contributed by atoms with Crippen molar-refractivity contribution in [1.82, 2.24) is 15.2 Å². The van der Waals surface area contributed by atoms with E-state index in [1.54, 1.807) is 41.5 Å². The maximum absolute atomic E-state index is 5.02. The lowest BCUT2D eigenvalue weighted by Crippen LogP contribution is -2.06. The second kappa shape index (κ2) is 9.45. The fourth-order valence-corrected chi connectivity index (χ4v) is 4.97. The van der Waals surface area contributed by atoms with E-state index in [-0.39, 0.29) is 0 Å². The Morgan fingerprint density at radius 3 is 2.69 bits per heavy atom. The first-order valence-electron chi connectivity index (χ1n) is 8.40. The van der Waals surface area contributed by atoms with Gasteiger partial charge in [0, 0.05) is 36.0 Å². The van der Waals surface area contributed by atoms with Crippen molar-refractivity contribution < 1.29 is 4.74 Å². The van der Waals surface area contributed by atoms with Crippen LogP contribution in [0.3, 0.4) is 0 Å². The van der Waals surface area contributed by atoms with Gasteiger partial charge in [-0.2, -0.15) is 0 Å². The zero-order chi connectivity index (χ0) is 18.4. The highest BCUT2D eigenvalue weighted by atomic mass is 32.2. The molecule has 0 aliphatic rings. The molecule has 0 atom stereocenters. The standard InChI is InChI=1S/C18H22N4OS3/c1-12(2)13-4-6-14(7-5-13)16-20-10-15(25-16)11-24-18-22-21-17(26-18)19-8-9-23-3/h4-7,10,12H,8-9,11H2,1-3H3,(H,19,21). The zero-order valence-corrected chi connectivity index (χ0v) is 17.5. The van der Waals surface area contributed by atoms with E-state index in [2.05, 4.69) is 58.6 Å². The monoisotopic (exact) mass is 406 g/mol. The predicted molar refractivity (Wildman–Crippen MR) is 111 cm³/mol. The van der Waals surface area contributed by atoms with Crippen LogP contribution < -0.4 is 5.32 Å². The predicted octanol–water partition coefficient (Wildman–Crippen LogP) is 5.14. The summed E-state index contributed by atoms with van der Waals surface area (Å²) in [7, 11) is 1.69. The molecule has 26 heavy (non-hydrogen) atoms. The zero-order valence-electron chi connectivity index (χ0n) is 15.1. The Kier molecular flexibility index (Phi) is 7.01. The van der Waals surface area contributed by atoms with Gasteiger partial charge in [0.1, 0.15) is 5.01 Å². The molecule has 0 spiro atoms. The number of nitrogens with zero attached hydrogens (tertiary/aromatic N) is 3. The highest BCUT2D eigenvalue weighted by Gasteiger charge is 2.09. The second-order valence-electron chi connectivity index (χ2n) is 5.99. The molecule has 5 nitrogen and oxygen atoms in total. The Morgan fingerprint density at radius 1 is 1.15 bits per heavy atom. The molecule has 138 valence electrons. The summed E-state index contributed by atoms with van der Waals surface area (Å²) in [6, 6.07) is 8.70. The number of anilines is 1. The third-order valence-corrected chi connectivity index (χ3v) is 7.00. The van der Waals surface area contributed by atoms with E-state index in [1.165, 1.54) is 16.0 Å². The van der Waals surface area contributed by atoms with E-state index in [4.69, 9.17) is 4.74 Å². The number of hydrogen-bond acceptors (Lipinski definition) is 8. The lowest BCUT2D eigenvalue weighted by atomic mass is 10.0. The molecule has 3 rings (SSSR count). The van der Waals surface area contributed by atoms with Crippen LogP contribution in [0.25, 0.3) is 10.6 Å². The molecule has 0 unspecified atom stereocenters. The first-order valence-corrected chi connectivity index (χ1v) is 11.0. The number of rotatable bonds is 9. The minimum Gasteiger partial charge on any atom is -0.383 e. The van der Waals surface area contributed by atoms with E-state index < -0.39 is 0 Å². The normalized spacial score (nSPS) is 11.2. The van der Waals surface area contributed by atoms with Gasteiger partial charge in [0.15, 0.2) is 4.34 Å². The smallest absolute Gasteiger partial charge is 0.206 e. The lowest BCUT2D eigenvalue weighted by Gasteiger charge is -2.05. The maximum Gasteiger partial charge on any atom is 0.206 e. The molecule has 0 saturated carbocycles. The summed E-state index contributed by atoms with van der Waals surface area (Å²) in [5.74, 6) is 1.40. The molecule has 0 fully saturated rings. The molecule has 1 aromatic carbocycles. The van der Waals surface area contributed by atoms with Gasteiger partial charge >= 0.3 is 0 Å². The topological polar surface area (TPSA) is 59.9 Å². The van der Waals surface area contributed by atoms with Crippen LogP contribution in [-0.2, 0) is 10.5 Å². The van der Waals surface area contributed by atoms with Crippen molar-refractivity contribution in [3.05, 3.63) is 40.9 Å². The SMILES string of the molecule is COCCNc1nnc(SCc2cnc(-c3ccc(C(C)C)cc3)s2)s1. The lowest BCUT2D eigenvalue weighted by molar-refractivity contribution is 0.211. The molecule has 0 radical (unpaired) electrons. The number of ether oxygens (including phenoxy) is 1. The first-order chi connectivity index (χ1) is 12.7. The number of nitrogens with one attached hydrogen (secondary N) is 1. The van der Waals surface area contributed by atoms with E-state index in [1.807, 2.05) is 6.20 Å². The molecule has 0 aliphatic heterocycles. The molecule has 3 aromatic rings. The summed E-state index contributed by atoms with van der Waals surface area (Å²) in [5, 5.41) is 13.5. The second-order valence-corrected chi connectivity index (χ2v) is 9.30. The van der Waals surface area contributed by atoms with E-state index in [0.717, 1.165) is 26.8 Å². The highest BCUT2D eigenvalue weighted by molar-refractivity contribution is 8.00. The van der Waals surface area contributed by atoms with Gasteiger partial charge in [0.25, 0.3) is 0 Å². The van der Waals surface area contributed by atoms with Crippen LogP contribution in [0.5, 0.6) is 0 Å². The minimum atomic E-state index is 0.549. The summed E-state index contributed by atoms with van der Waals surface area (Å²) in [4.78, 5) is 5.81. The van der Waals surface area contributed by atoms with Gasteiger partial charge in [-0.1, -0.05) is 61.2 Å². The van der Waals surface area contributed by atoms with E-state index >= 15 is 0 Å². The van der Waals surface area contributed by atoms with E-state index in [0.29, 0.717) is 12.5 Å². The summed E-state index contributed by atoms with van der Waals surface area (Å²) in [6.07, 6.45) is 1.96. The average molecular weight is 407 g/mol. The van der Waals surface area contributed by atoms with Crippen molar-refractivity contribution >= 4 is 39.6 Å². The quantitative estimate of drug-likeness (QED) is 0.392. The van der Waals surface area contributed by atoms with Gasteiger partial charge in [-0.3, -0.25) is 0 Å². The van der Waals surface area contributed by atoms with Gasteiger partial charge in [0.05, 0.1) is 6.61 Å². The maximum atomic E-state index is 5.02. The molecule has 2 heterocycles. The van der Waals surface area contributed by atoms with Crippen molar-refractivity contribution in [3.8, 4) is 10.6 Å². The summed E-state index contributed by atoms with van der Waals surface area (Å²) in [6.45, 7) is 5.81. The third kappa shape index (κ3) is 5.26. The van der Waals surface area contributed by atoms with Crippen molar-refractivity contribution in [3.63, 3.8) is 0 Å². The first kappa shape index (κ1) is 19.3. The fraction of sp³-hybridized carbons (Fsp3) is 0.389. The molecule has 0 aliphatic carbocycles. The number of methoxy groups -OCH3 is 1.